The lowest BCUT2D eigenvalue weighted by Gasteiger charge is -2.07. The molecular formula is C17H18N2S. The summed E-state index contributed by atoms with van der Waals surface area (Å²) < 4.78 is 1.22. The van der Waals surface area contributed by atoms with Gasteiger partial charge in [0.15, 0.2) is 0 Å². The van der Waals surface area contributed by atoms with Gasteiger partial charge in [-0.05, 0) is 43.0 Å². The average molecular weight is 282 g/mol. The molecule has 102 valence electrons. The number of nitrogens with zero attached hydrogens (tertiary/aromatic N) is 1. The number of thiazole rings is 1. The third kappa shape index (κ3) is 2.89. The summed E-state index contributed by atoms with van der Waals surface area (Å²) >= 11 is 1.71. The van der Waals surface area contributed by atoms with Gasteiger partial charge in [-0.15, -0.1) is 11.3 Å². The summed E-state index contributed by atoms with van der Waals surface area (Å²) in [4.78, 5) is 4.68. The van der Waals surface area contributed by atoms with E-state index in [0.29, 0.717) is 0 Å². The highest BCUT2D eigenvalue weighted by atomic mass is 32.1. The summed E-state index contributed by atoms with van der Waals surface area (Å²) in [7, 11) is 0. The number of rotatable bonds is 4. The van der Waals surface area contributed by atoms with Gasteiger partial charge in [0, 0.05) is 0 Å². The fourth-order valence-corrected chi connectivity index (χ4v) is 3.29. The number of aryl methyl sites for hydroxylation is 2. The first-order chi connectivity index (χ1) is 9.72. The zero-order valence-electron chi connectivity index (χ0n) is 11.5. The number of benzene rings is 2. The van der Waals surface area contributed by atoms with Crippen LogP contribution in [0.5, 0.6) is 0 Å². The van der Waals surface area contributed by atoms with Gasteiger partial charge in [-0.3, -0.25) is 0 Å². The Bertz CT molecular complexity index is 703. The van der Waals surface area contributed by atoms with Crippen LogP contribution in [0.3, 0.4) is 0 Å². The Kier molecular flexibility index (Phi) is 3.81. The molecule has 2 nitrogen and oxygen atoms in total. The first-order valence-corrected chi connectivity index (χ1v) is 7.70. The SMILES string of the molecule is Cc1ccc2sc(C(N)CCc3ccccc3)nc2c1. The quantitative estimate of drug-likeness (QED) is 0.777. The molecular weight excluding hydrogens is 264 g/mol. The second-order valence-electron chi connectivity index (χ2n) is 5.15. The number of fused-ring (bicyclic) bond motifs is 1. The molecule has 1 heterocycles. The maximum atomic E-state index is 6.29. The van der Waals surface area contributed by atoms with Crippen molar-refractivity contribution in [1.29, 1.82) is 0 Å². The van der Waals surface area contributed by atoms with E-state index in [1.165, 1.54) is 15.8 Å². The van der Waals surface area contributed by atoms with E-state index < -0.39 is 0 Å². The molecule has 1 aromatic heterocycles. The van der Waals surface area contributed by atoms with Crippen LogP contribution in [0.15, 0.2) is 48.5 Å². The van der Waals surface area contributed by atoms with E-state index in [-0.39, 0.29) is 6.04 Å². The predicted octanol–water partition coefficient (Wildman–Crippen LogP) is 4.24. The van der Waals surface area contributed by atoms with Crippen LogP contribution in [-0.4, -0.2) is 4.98 Å². The lowest BCUT2D eigenvalue weighted by molar-refractivity contribution is 0.648. The summed E-state index contributed by atoms with van der Waals surface area (Å²) in [6, 6.07) is 16.9. The monoisotopic (exact) mass is 282 g/mol. The first-order valence-electron chi connectivity index (χ1n) is 6.89. The molecule has 0 saturated heterocycles. The molecule has 3 aromatic rings. The van der Waals surface area contributed by atoms with Gasteiger partial charge in [0.25, 0.3) is 0 Å². The van der Waals surface area contributed by atoms with Crippen molar-refractivity contribution in [3.05, 3.63) is 64.7 Å². The van der Waals surface area contributed by atoms with Crippen molar-refractivity contribution in [2.45, 2.75) is 25.8 Å². The van der Waals surface area contributed by atoms with Crippen molar-refractivity contribution in [3.63, 3.8) is 0 Å². The maximum absolute atomic E-state index is 6.29. The second-order valence-corrected chi connectivity index (χ2v) is 6.22. The Morgan fingerprint density at radius 2 is 1.95 bits per heavy atom. The Hall–Kier alpha value is -1.71. The lowest BCUT2D eigenvalue weighted by Crippen LogP contribution is -2.10. The molecule has 0 aliphatic rings. The summed E-state index contributed by atoms with van der Waals surface area (Å²) in [5.41, 5.74) is 9.94. The zero-order chi connectivity index (χ0) is 13.9. The summed E-state index contributed by atoms with van der Waals surface area (Å²) in [6.07, 6.45) is 1.93. The highest BCUT2D eigenvalue weighted by molar-refractivity contribution is 7.18. The second kappa shape index (κ2) is 5.73. The molecule has 2 aromatic carbocycles. The molecule has 0 spiro atoms. The summed E-state index contributed by atoms with van der Waals surface area (Å²) in [5, 5.41) is 1.04. The number of hydrogen-bond donors (Lipinski definition) is 1. The van der Waals surface area contributed by atoms with E-state index in [1.54, 1.807) is 11.3 Å². The van der Waals surface area contributed by atoms with Crippen molar-refractivity contribution in [2.24, 2.45) is 5.73 Å². The fourth-order valence-electron chi connectivity index (χ4n) is 2.30. The Labute approximate surface area is 123 Å². The molecule has 1 atom stereocenters. The topological polar surface area (TPSA) is 38.9 Å². The Morgan fingerprint density at radius 3 is 2.75 bits per heavy atom. The van der Waals surface area contributed by atoms with Gasteiger partial charge in [0.2, 0.25) is 0 Å². The molecule has 3 rings (SSSR count). The fraction of sp³-hybridized carbons (Fsp3) is 0.235. The average Bonchev–Trinajstić information content (AvgIpc) is 2.89. The van der Waals surface area contributed by atoms with Gasteiger partial charge in [-0.1, -0.05) is 36.4 Å². The van der Waals surface area contributed by atoms with Crippen LogP contribution < -0.4 is 5.73 Å². The van der Waals surface area contributed by atoms with E-state index in [1.807, 2.05) is 6.07 Å². The van der Waals surface area contributed by atoms with E-state index in [0.717, 1.165) is 23.4 Å². The standard InChI is InChI=1S/C17H18N2S/c1-12-7-10-16-15(11-12)19-17(20-16)14(18)9-8-13-5-3-2-4-6-13/h2-7,10-11,14H,8-9,18H2,1H3. The van der Waals surface area contributed by atoms with Crippen molar-refractivity contribution < 1.29 is 0 Å². The van der Waals surface area contributed by atoms with Crippen molar-refractivity contribution in [3.8, 4) is 0 Å². The third-order valence-corrected chi connectivity index (χ3v) is 4.63. The third-order valence-electron chi connectivity index (χ3n) is 3.46. The minimum Gasteiger partial charge on any atom is -0.322 e. The van der Waals surface area contributed by atoms with Crippen LogP contribution in [0.4, 0.5) is 0 Å². The molecule has 0 aliphatic heterocycles. The van der Waals surface area contributed by atoms with E-state index in [9.17, 15) is 0 Å². The largest absolute Gasteiger partial charge is 0.322 e. The number of nitrogens with two attached hydrogens (primary N) is 1. The van der Waals surface area contributed by atoms with Crippen molar-refractivity contribution in [2.75, 3.05) is 0 Å². The normalized spacial score (nSPS) is 12.7. The van der Waals surface area contributed by atoms with Crippen LogP contribution >= 0.6 is 11.3 Å². The minimum absolute atomic E-state index is 0.0212. The predicted molar refractivity (Wildman–Crippen MR) is 86.0 cm³/mol. The highest BCUT2D eigenvalue weighted by Crippen LogP contribution is 2.28. The van der Waals surface area contributed by atoms with Crippen LogP contribution in [-0.2, 0) is 6.42 Å². The van der Waals surface area contributed by atoms with Crippen LogP contribution in [0.2, 0.25) is 0 Å². The van der Waals surface area contributed by atoms with Crippen LogP contribution in [0.1, 0.15) is 28.6 Å². The van der Waals surface area contributed by atoms with Gasteiger partial charge in [-0.25, -0.2) is 4.98 Å². The maximum Gasteiger partial charge on any atom is 0.111 e. The van der Waals surface area contributed by atoms with Gasteiger partial charge >= 0.3 is 0 Å². The van der Waals surface area contributed by atoms with Crippen molar-refractivity contribution in [1.82, 2.24) is 4.98 Å². The van der Waals surface area contributed by atoms with E-state index >= 15 is 0 Å². The first kappa shape index (κ1) is 13.3. The van der Waals surface area contributed by atoms with Crippen LogP contribution in [0.25, 0.3) is 10.2 Å². The van der Waals surface area contributed by atoms with Gasteiger partial charge in [0.05, 0.1) is 16.3 Å². The minimum atomic E-state index is 0.0212. The molecule has 3 heteroatoms. The highest BCUT2D eigenvalue weighted by Gasteiger charge is 2.12. The molecule has 0 aliphatic carbocycles. The van der Waals surface area contributed by atoms with Crippen LogP contribution in [0, 0.1) is 6.92 Å². The molecule has 0 amide bonds. The molecule has 20 heavy (non-hydrogen) atoms. The molecule has 0 bridgehead atoms. The van der Waals surface area contributed by atoms with Crippen molar-refractivity contribution >= 4 is 21.6 Å². The Morgan fingerprint density at radius 1 is 1.15 bits per heavy atom. The molecule has 0 saturated carbocycles. The number of aromatic nitrogens is 1. The molecule has 1 unspecified atom stereocenters. The lowest BCUT2D eigenvalue weighted by atomic mass is 10.1. The summed E-state index contributed by atoms with van der Waals surface area (Å²) in [6.45, 7) is 2.09. The summed E-state index contributed by atoms with van der Waals surface area (Å²) in [5.74, 6) is 0. The smallest absolute Gasteiger partial charge is 0.111 e. The van der Waals surface area contributed by atoms with Gasteiger partial charge in [-0.2, -0.15) is 0 Å². The van der Waals surface area contributed by atoms with E-state index in [4.69, 9.17) is 5.73 Å². The van der Waals surface area contributed by atoms with E-state index in [2.05, 4.69) is 54.4 Å². The molecule has 2 N–H and O–H groups in total. The molecule has 0 fully saturated rings. The molecule has 0 radical (unpaired) electrons. The zero-order valence-corrected chi connectivity index (χ0v) is 12.4. The van der Waals surface area contributed by atoms with Gasteiger partial charge in [0.1, 0.15) is 5.01 Å². The van der Waals surface area contributed by atoms with Gasteiger partial charge < -0.3 is 5.73 Å². The number of hydrogen-bond acceptors (Lipinski definition) is 3. The Balaban J connectivity index is 1.73.